The normalized spacial score (nSPS) is 10.1. The van der Waals surface area contributed by atoms with Crippen molar-refractivity contribution in [3.8, 4) is 0 Å². The van der Waals surface area contributed by atoms with Crippen molar-refractivity contribution >= 4 is 11.9 Å². The second-order valence-corrected chi connectivity index (χ2v) is 4.17. The van der Waals surface area contributed by atoms with E-state index in [0.717, 1.165) is 0 Å². The van der Waals surface area contributed by atoms with Crippen molar-refractivity contribution in [2.45, 2.75) is 6.54 Å². The van der Waals surface area contributed by atoms with E-state index in [9.17, 15) is 14.0 Å². The molecule has 0 aliphatic rings. The standard InChI is InChI=1S/C15H12FNO3/c16-13-7-2-1-6-12(13)14(18)17-9-10-4-3-5-11(8-10)15(19)20/h1-8H,9H2,(H,17,18)(H,19,20). The van der Waals surface area contributed by atoms with Crippen molar-refractivity contribution in [1.29, 1.82) is 0 Å². The van der Waals surface area contributed by atoms with Gasteiger partial charge in [-0.3, -0.25) is 4.79 Å². The van der Waals surface area contributed by atoms with Crippen molar-refractivity contribution in [3.63, 3.8) is 0 Å². The Morgan fingerprint density at radius 1 is 1.10 bits per heavy atom. The van der Waals surface area contributed by atoms with E-state index in [4.69, 9.17) is 5.11 Å². The summed E-state index contributed by atoms with van der Waals surface area (Å²) >= 11 is 0. The molecule has 4 nitrogen and oxygen atoms in total. The number of carboxylic acids is 1. The molecule has 0 heterocycles. The maximum absolute atomic E-state index is 13.4. The van der Waals surface area contributed by atoms with Gasteiger partial charge in [-0.1, -0.05) is 24.3 Å². The highest BCUT2D eigenvalue weighted by Crippen LogP contribution is 2.08. The van der Waals surface area contributed by atoms with Crippen molar-refractivity contribution in [1.82, 2.24) is 5.32 Å². The number of benzene rings is 2. The fraction of sp³-hybridized carbons (Fsp3) is 0.0667. The number of halogens is 1. The fourth-order valence-electron chi connectivity index (χ4n) is 1.74. The summed E-state index contributed by atoms with van der Waals surface area (Å²) in [6.45, 7) is 0.133. The average Bonchev–Trinajstić information content (AvgIpc) is 2.45. The molecule has 0 unspecified atom stereocenters. The minimum atomic E-state index is -1.03. The van der Waals surface area contributed by atoms with E-state index < -0.39 is 17.7 Å². The van der Waals surface area contributed by atoms with Gasteiger partial charge in [0.05, 0.1) is 11.1 Å². The van der Waals surface area contributed by atoms with E-state index in [2.05, 4.69) is 5.32 Å². The second kappa shape index (κ2) is 5.97. The molecule has 2 aromatic rings. The van der Waals surface area contributed by atoms with Gasteiger partial charge in [-0.2, -0.15) is 0 Å². The lowest BCUT2D eigenvalue weighted by atomic mass is 10.1. The van der Waals surface area contributed by atoms with Crippen LogP contribution < -0.4 is 5.32 Å². The van der Waals surface area contributed by atoms with Gasteiger partial charge in [0.2, 0.25) is 0 Å². The number of rotatable bonds is 4. The SMILES string of the molecule is O=C(O)c1cccc(CNC(=O)c2ccccc2F)c1. The number of carboxylic acid groups (broad SMARTS) is 1. The van der Waals surface area contributed by atoms with Gasteiger partial charge >= 0.3 is 5.97 Å². The molecule has 2 rings (SSSR count). The van der Waals surface area contributed by atoms with Crippen molar-refractivity contribution in [2.75, 3.05) is 0 Å². The van der Waals surface area contributed by atoms with Gasteiger partial charge in [-0.25, -0.2) is 9.18 Å². The number of hydrogen-bond donors (Lipinski definition) is 2. The van der Waals surface area contributed by atoms with Crippen LogP contribution in [0.3, 0.4) is 0 Å². The van der Waals surface area contributed by atoms with Crippen molar-refractivity contribution in [3.05, 3.63) is 71.0 Å². The summed E-state index contributed by atoms with van der Waals surface area (Å²) in [5.74, 6) is -2.17. The third kappa shape index (κ3) is 3.20. The lowest BCUT2D eigenvalue weighted by molar-refractivity contribution is 0.0696. The smallest absolute Gasteiger partial charge is 0.335 e. The molecule has 0 aromatic heterocycles. The molecule has 0 saturated carbocycles. The summed E-state index contributed by atoms with van der Waals surface area (Å²) in [4.78, 5) is 22.6. The maximum Gasteiger partial charge on any atom is 0.335 e. The Kier molecular flexibility index (Phi) is 4.10. The zero-order valence-corrected chi connectivity index (χ0v) is 10.5. The Bertz CT molecular complexity index is 655. The minimum Gasteiger partial charge on any atom is -0.478 e. The van der Waals surface area contributed by atoms with E-state index in [1.54, 1.807) is 18.2 Å². The van der Waals surface area contributed by atoms with Gasteiger partial charge in [0.15, 0.2) is 0 Å². The van der Waals surface area contributed by atoms with Crippen LogP contribution in [0.25, 0.3) is 0 Å². The number of carbonyl (C=O) groups excluding carboxylic acids is 1. The summed E-state index contributed by atoms with van der Waals surface area (Å²) in [7, 11) is 0. The van der Waals surface area contributed by atoms with Gasteiger partial charge in [0.1, 0.15) is 5.82 Å². The predicted octanol–water partition coefficient (Wildman–Crippen LogP) is 2.45. The van der Waals surface area contributed by atoms with Gasteiger partial charge < -0.3 is 10.4 Å². The number of nitrogens with one attached hydrogen (secondary N) is 1. The van der Waals surface area contributed by atoms with Crippen LogP contribution in [-0.2, 0) is 6.54 Å². The van der Waals surface area contributed by atoms with E-state index in [1.807, 2.05) is 0 Å². The average molecular weight is 273 g/mol. The van der Waals surface area contributed by atoms with Crippen LogP contribution in [0.1, 0.15) is 26.3 Å². The highest BCUT2D eigenvalue weighted by molar-refractivity contribution is 5.94. The lowest BCUT2D eigenvalue weighted by Gasteiger charge is -2.06. The lowest BCUT2D eigenvalue weighted by Crippen LogP contribution is -2.23. The first-order valence-electron chi connectivity index (χ1n) is 5.93. The van der Waals surface area contributed by atoms with Crippen LogP contribution in [0, 0.1) is 5.82 Å². The largest absolute Gasteiger partial charge is 0.478 e. The molecule has 1 amide bonds. The number of carbonyl (C=O) groups is 2. The Labute approximate surface area is 114 Å². The molecular weight excluding hydrogens is 261 g/mol. The number of amides is 1. The highest BCUT2D eigenvalue weighted by atomic mass is 19.1. The van der Waals surface area contributed by atoms with E-state index in [-0.39, 0.29) is 17.7 Å². The molecule has 0 bridgehead atoms. The molecule has 0 aliphatic carbocycles. The maximum atomic E-state index is 13.4. The summed E-state index contributed by atoms with van der Waals surface area (Å²) in [6, 6.07) is 11.9. The summed E-state index contributed by atoms with van der Waals surface area (Å²) in [6.07, 6.45) is 0. The van der Waals surface area contributed by atoms with E-state index in [0.29, 0.717) is 5.56 Å². The molecule has 2 N–H and O–H groups in total. The monoisotopic (exact) mass is 273 g/mol. The summed E-state index contributed by atoms with van der Waals surface area (Å²) in [5.41, 5.74) is 0.735. The van der Waals surface area contributed by atoms with Gasteiger partial charge in [0.25, 0.3) is 5.91 Å². The molecule has 0 saturated heterocycles. The molecule has 0 aliphatic heterocycles. The summed E-state index contributed by atoms with van der Waals surface area (Å²) in [5, 5.41) is 11.4. The van der Waals surface area contributed by atoms with Crippen LogP contribution in [0.15, 0.2) is 48.5 Å². The van der Waals surface area contributed by atoms with Gasteiger partial charge in [-0.05, 0) is 29.8 Å². The van der Waals surface area contributed by atoms with Crippen molar-refractivity contribution in [2.24, 2.45) is 0 Å². The quantitative estimate of drug-likeness (QED) is 0.899. The Balaban J connectivity index is 2.06. The molecule has 0 spiro atoms. The van der Waals surface area contributed by atoms with Gasteiger partial charge in [0, 0.05) is 6.54 Å². The Morgan fingerprint density at radius 3 is 2.55 bits per heavy atom. The summed E-state index contributed by atoms with van der Waals surface area (Å²) < 4.78 is 13.4. The minimum absolute atomic E-state index is 0.0399. The predicted molar refractivity (Wildman–Crippen MR) is 71.0 cm³/mol. The molecule has 0 atom stereocenters. The van der Waals surface area contributed by atoms with E-state index in [1.165, 1.54) is 30.3 Å². The molecule has 0 fully saturated rings. The zero-order valence-electron chi connectivity index (χ0n) is 10.5. The second-order valence-electron chi connectivity index (χ2n) is 4.17. The van der Waals surface area contributed by atoms with Crippen molar-refractivity contribution < 1.29 is 19.1 Å². The highest BCUT2D eigenvalue weighted by Gasteiger charge is 2.10. The molecule has 20 heavy (non-hydrogen) atoms. The van der Waals surface area contributed by atoms with Crippen LogP contribution in [0.2, 0.25) is 0 Å². The first-order chi connectivity index (χ1) is 9.58. The molecular formula is C15H12FNO3. The molecule has 5 heteroatoms. The number of hydrogen-bond acceptors (Lipinski definition) is 2. The van der Waals surface area contributed by atoms with Crippen LogP contribution >= 0.6 is 0 Å². The zero-order chi connectivity index (χ0) is 14.5. The van der Waals surface area contributed by atoms with Crippen LogP contribution in [-0.4, -0.2) is 17.0 Å². The fourth-order valence-corrected chi connectivity index (χ4v) is 1.74. The van der Waals surface area contributed by atoms with Gasteiger partial charge in [-0.15, -0.1) is 0 Å². The molecule has 0 radical (unpaired) electrons. The first-order valence-corrected chi connectivity index (χ1v) is 5.93. The first kappa shape index (κ1) is 13.7. The molecule has 2 aromatic carbocycles. The Morgan fingerprint density at radius 2 is 1.85 bits per heavy atom. The van der Waals surface area contributed by atoms with Crippen LogP contribution in [0.4, 0.5) is 4.39 Å². The third-order valence-electron chi connectivity index (χ3n) is 2.75. The third-order valence-corrected chi connectivity index (χ3v) is 2.75. The topological polar surface area (TPSA) is 66.4 Å². The van der Waals surface area contributed by atoms with E-state index >= 15 is 0 Å². The number of aromatic carboxylic acids is 1. The molecule has 102 valence electrons. The Hall–Kier alpha value is -2.69. The van der Waals surface area contributed by atoms with Crippen LogP contribution in [0.5, 0.6) is 0 Å².